The summed E-state index contributed by atoms with van der Waals surface area (Å²) in [6, 6.07) is 3.76. The van der Waals surface area contributed by atoms with Gasteiger partial charge in [-0.1, -0.05) is 0 Å². The number of nitrogens with zero attached hydrogens (tertiary/aromatic N) is 1. The van der Waals surface area contributed by atoms with Gasteiger partial charge in [-0.05, 0) is 89.8 Å². The van der Waals surface area contributed by atoms with E-state index in [4.69, 9.17) is 0 Å². The molecule has 1 heterocycles. The summed E-state index contributed by atoms with van der Waals surface area (Å²) in [6.07, 6.45) is 10.5. The van der Waals surface area contributed by atoms with Gasteiger partial charge in [0.2, 0.25) is 5.91 Å². The van der Waals surface area contributed by atoms with Crippen LogP contribution in [0.2, 0.25) is 0 Å². The normalized spacial score (nSPS) is 36.7. The van der Waals surface area contributed by atoms with Crippen LogP contribution in [0.4, 0.5) is 5.82 Å². The zero-order valence-electron chi connectivity index (χ0n) is 12.1. The van der Waals surface area contributed by atoms with E-state index in [1.807, 2.05) is 12.1 Å². The zero-order chi connectivity index (χ0) is 14.4. The molecule has 4 heteroatoms. The van der Waals surface area contributed by atoms with Gasteiger partial charge in [-0.3, -0.25) is 4.79 Å². The van der Waals surface area contributed by atoms with Crippen LogP contribution in [0.3, 0.4) is 0 Å². The third-order valence-electron chi connectivity index (χ3n) is 5.70. The number of carbonyl (C=O) groups is 1. The van der Waals surface area contributed by atoms with Gasteiger partial charge in [-0.25, -0.2) is 4.98 Å². The quantitative estimate of drug-likeness (QED) is 0.879. The topological polar surface area (TPSA) is 42.0 Å². The Hall–Kier alpha value is -0.900. The molecule has 0 saturated heterocycles. The van der Waals surface area contributed by atoms with Gasteiger partial charge in [0.25, 0.3) is 0 Å². The number of carbonyl (C=O) groups excluding carboxylic acids is 1. The first-order valence-electron chi connectivity index (χ1n) is 8.02. The summed E-state index contributed by atoms with van der Waals surface area (Å²) < 4.78 is 0.932. The molecule has 0 radical (unpaired) electrons. The zero-order valence-corrected chi connectivity index (χ0v) is 13.7. The van der Waals surface area contributed by atoms with E-state index in [9.17, 15) is 4.79 Å². The second-order valence-corrected chi connectivity index (χ2v) is 8.42. The largest absolute Gasteiger partial charge is 0.311 e. The number of hydrogen-bond acceptors (Lipinski definition) is 2. The maximum absolute atomic E-state index is 12.4. The highest BCUT2D eigenvalue weighted by molar-refractivity contribution is 9.10. The molecule has 1 aromatic heterocycles. The average Bonchev–Trinajstić information content (AvgIpc) is 2.39. The van der Waals surface area contributed by atoms with Gasteiger partial charge in [-0.2, -0.15) is 0 Å². The van der Waals surface area contributed by atoms with E-state index in [2.05, 4.69) is 26.2 Å². The Morgan fingerprint density at radius 3 is 2.33 bits per heavy atom. The highest BCUT2D eigenvalue weighted by Gasteiger charge is 2.51. The van der Waals surface area contributed by atoms with E-state index in [0.29, 0.717) is 17.7 Å². The summed E-state index contributed by atoms with van der Waals surface area (Å²) in [4.78, 5) is 16.7. The first kappa shape index (κ1) is 13.7. The number of hydrogen-bond donors (Lipinski definition) is 1. The molecule has 1 aromatic rings. The third-order valence-corrected chi connectivity index (χ3v) is 6.16. The molecule has 5 rings (SSSR count). The van der Waals surface area contributed by atoms with Crippen molar-refractivity contribution in [3.63, 3.8) is 0 Å². The number of pyridine rings is 1. The van der Waals surface area contributed by atoms with Crippen LogP contribution >= 0.6 is 15.9 Å². The number of anilines is 1. The second kappa shape index (κ2) is 5.08. The minimum atomic E-state index is 0.145. The molecule has 4 bridgehead atoms. The molecule has 4 saturated carbocycles. The van der Waals surface area contributed by atoms with Crippen molar-refractivity contribution >= 4 is 27.7 Å². The third kappa shape index (κ3) is 2.75. The van der Waals surface area contributed by atoms with Crippen molar-refractivity contribution in [2.45, 2.75) is 44.9 Å². The molecule has 4 fully saturated rings. The fourth-order valence-corrected chi connectivity index (χ4v) is 5.72. The smallest absolute Gasteiger partial charge is 0.226 e. The summed E-state index contributed by atoms with van der Waals surface area (Å²) >= 11 is 3.36. The summed E-state index contributed by atoms with van der Waals surface area (Å²) in [5.74, 6) is 3.50. The Bertz CT molecular complexity index is 519. The maximum atomic E-state index is 12.4. The van der Waals surface area contributed by atoms with Gasteiger partial charge >= 0.3 is 0 Å². The lowest BCUT2D eigenvalue weighted by Crippen LogP contribution is -2.47. The monoisotopic (exact) mass is 348 g/mol. The Labute approximate surface area is 134 Å². The van der Waals surface area contributed by atoms with Crippen molar-refractivity contribution in [2.24, 2.45) is 23.2 Å². The van der Waals surface area contributed by atoms with Crippen LogP contribution in [0.25, 0.3) is 0 Å². The van der Waals surface area contributed by atoms with Gasteiger partial charge < -0.3 is 5.32 Å². The molecule has 0 unspecified atom stereocenters. The van der Waals surface area contributed by atoms with Gasteiger partial charge in [-0.15, -0.1) is 0 Å². The summed E-state index contributed by atoms with van der Waals surface area (Å²) in [7, 11) is 0. The van der Waals surface area contributed by atoms with Crippen LogP contribution in [0.15, 0.2) is 22.8 Å². The molecule has 1 N–H and O–H groups in total. The molecule has 21 heavy (non-hydrogen) atoms. The fourth-order valence-electron chi connectivity index (χ4n) is 5.48. The minimum absolute atomic E-state index is 0.145. The summed E-state index contributed by atoms with van der Waals surface area (Å²) in [5.41, 5.74) is 0.300. The van der Waals surface area contributed by atoms with Gasteiger partial charge in [0, 0.05) is 17.1 Å². The van der Waals surface area contributed by atoms with Crippen LogP contribution < -0.4 is 5.32 Å². The van der Waals surface area contributed by atoms with Crippen LogP contribution in [0, 0.1) is 23.2 Å². The lowest BCUT2D eigenvalue weighted by Gasteiger charge is -2.56. The molecule has 4 aliphatic rings. The van der Waals surface area contributed by atoms with Gasteiger partial charge in [0.15, 0.2) is 0 Å². The SMILES string of the molecule is O=C(CC12CC3CC(CC(C3)C1)C2)Nc1ccc(Br)cn1. The van der Waals surface area contributed by atoms with Crippen LogP contribution in [0.1, 0.15) is 44.9 Å². The molecular formula is C17H21BrN2O. The average molecular weight is 349 g/mol. The second-order valence-electron chi connectivity index (χ2n) is 7.50. The van der Waals surface area contributed by atoms with Crippen molar-refractivity contribution < 1.29 is 4.79 Å². The Balaban J connectivity index is 1.43. The highest BCUT2D eigenvalue weighted by atomic mass is 79.9. The number of halogens is 1. The van der Waals surface area contributed by atoms with Crippen LogP contribution in [-0.2, 0) is 4.79 Å². The van der Waals surface area contributed by atoms with Crippen molar-refractivity contribution in [3.8, 4) is 0 Å². The van der Waals surface area contributed by atoms with Crippen molar-refractivity contribution in [2.75, 3.05) is 5.32 Å². The molecule has 0 atom stereocenters. The predicted octanol–water partition coefficient (Wildman–Crippen LogP) is 4.39. The van der Waals surface area contributed by atoms with Gasteiger partial charge in [0.05, 0.1) is 0 Å². The van der Waals surface area contributed by atoms with Crippen molar-refractivity contribution in [1.29, 1.82) is 0 Å². The number of nitrogens with one attached hydrogen (secondary N) is 1. The molecule has 0 spiro atoms. The molecule has 1 amide bonds. The molecular weight excluding hydrogens is 328 g/mol. The first-order valence-corrected chi connectivity index (χ1v) is 8.81. The summed E-state index contributed by atoms with van der Waals surface area (Å²) in [6.45, 7) is 0. The molecule has 0 aliphatic heterocycles. The van der Waals surface area contributed by atoms with E-state index in [0.717, 1.165) is 22.2 Å². The van der Waals surface area contributed by atoms with E-state index >= 15 is 0 Å². The fraction of sp³-hybridized carbons (Fsp3) is 0.647. The van der Waals surface area contributed by atoms with Crippen LogP contribution in [-0.4, -0.2) is 10.9 Å². The molecule has 0 aromatic carbocycles. The van der Waals surface area contributed by atoms with Crippen molar-refractivity contribution in [3.05, 3.63) is 22.8 Å². The lowest BCUT2D eigenvalue weighted by atomic mass is 9.49. The Morgan fingerprint density at radius 1 is 1.19 bits per heavy atom. The van der Waals surface area contributed by atoms with Crippen LogP contribution in [0.5, 0.6) is 0 Å². The molecule has 3 nitrogen and oxygen atoms in total. The minimum Gasteiger partial charge on any atom is -0.311 e. The Morgan fingerprint density at radius 2 is 1.81 bits per heavy atom. The molecule has 4 aliphatic carbocycles. The number of aromatic nitrogens is 1. The maximum Gasteiger partial charge on any atom is 0.226 e. The Kier molecular flexibility index (Phi) is 3.32. The first-order chi connectivity index (χ1) is 10.1. The number of amides is 1. The van der Waals surface area contributed by atoms with E-state index < -0.39 is 0 Å². The standard InChI is InChI=1S/C17H21BrN2O/c18-14-1-2-15(19-10-14)20-16(21)9-17-6-11-3-12(7-17)5-13(4-11)8-17/h1-2,10-13H,3-9H2,(H,19,20,21). The van der Waals surface area contributed by atoms with E-state index in [1.54, 1.807) is 6.20 Å². The number of rotatable bonds is 3. The van der Waals surface area contributed by atoms with Gasteiger partial charge in [0.1, 0.15) is 5.82 Å². The predicted molar refractivity (Wildman–Crippen MR) is 85.8 cm³/mol. The van der Waals surface area contributed by atoms with E-state index in [1.165, 1.54) is 38.5 Å². The summed E-state index contributed by atoms with van der Waals surface area (Å²) in [5, 5.41) is 2.97. The van der Waals surface area contributed by atoms with Crippen molar-refractivity contribution in [1.82, 2.24) is 4.98 Å². The lowest BCUT2D eigenvalue weighted by molar-refractivity contribution is -0.124. The van der Waals surface area contributed by atoms with E-state index in [-0.39, 0.29) is 5.91 Å². The molecule has 112 valence electrons. The highest BCUT2D eigenvalue weighted by Crippen LogP contribution is 2.61.